The molecule has 3 rings (SSSR count). The standard InChI is InChI=1S/C16H14BrN3O/c1-10(11-3-2-6-18-8-11)20-16(21)14-9-19-15-5-4-12(17)7-13(14)15/h2-10,19H,1H3,(H,20,21)/t10-/m1/s1. The highest BCUT2D eigenvalue weighted by molar-refractivity contribution is 9.10. The minimum absolute atomic E-state index is 0.0942. The van der Waals surface area contributed by atoms with Crippen molar-refractivity contribution in [1.29, 1.82) is 0 Å². The number of rotatable bonds is 3. The van der Waals surface area contributed by atoms with E-state index in [0.717, 1.165) is 20.9 Å². The lowest BCUT2D eigenvalue weighted by Crippen LogP contribution is -2.26. The fraction of sp³-hybridized carbons (Fsp3) is 0.125. The summed E-state index contributed by atoms with van der Waals surface area (Å²) in [6.45, 7) is 1.94. The predicted molar refractivity (Wildman–Crippen MR) is 86.1 cm³/mol. The van der Waals surface area contributed by atoms with E-state index in [1.165, 1.54) is 0 Å². The van der Waals surface area contributed by atoms with Crippen LogP contribution in [0.15, 0.2) is 53.4 Å². The first kappa shape index (κ1) is 13.8. The first-order valence-corrected chi connectivity index (χ1v) is 7.42. The Morgan fingerprint density at radius 2 is 2.24 bits per heavy atom. The van der Waals surface area contributed by atoms with Crippen LogP contribution in [0.1, 0.15) is 28.9 Å². The van der Waals surface area contributed by atoms with Gasteiger partial charge >= 0.3 is 0 Å². The Bertz CT molecular complexity index is 783. The van der Waals surface area contributed by atoms with Gasteiger partial charge in [-0.1, -0.05) is 22.0 Å². The van der Waals surface area contributed by atoms with E-state index >= 15 is 0 Å². The first-order valence-electron chi connectivity index (χ1n) is 6.62. The SMILES string of the molecule is C[C@@H](NC(=O)c1c[nH]c2ccc(Br)cc12)c1cccnc1. The maximum Gasteiger partial charge on any atom is 0.253 e. The van der Waals surface area contributed by atoms with Gasteiger partial charge in [0.25, 0.3) is 5.91 Å². The monoisotopic (exact) mass is 343 g/mol. The van der Waals surface area contributed by atoms with Gasteiger partial charge in [0.05, 0.1) is 11.6 Å². The molecule has 0 radical (unpaired) electrons. The number of aromatic amines is 1. The molecule has 0 saturated heterocycles. The summed E-state index contributed by atoms with van der Waals surface area (Å²) in [5, 5.41) is 3.90. The molecule has 0 aliphatic heterocycles. The summed E-state index contributed by atoms with van der Waals surface area (Å²) < 4.78 is 0.948. The zero-order valence-corrected chi connectivity index (χ0v) is 13.0. The van der Waals surface area contributed by atoms with Gasteiger partial charge in [0.15, 0.2) is 0 Å². The Hall–Kier alpha value is -2.14. The second-order valence-corrected chi connectivity index (χ2v) is 5.79. The van der Waals surface area contributed by atoms with E-state index in [1.54, 1.807) is 18.6 Å². The van der Waals surface area contributed by atoms with E-state index in [2.05, 4.69) is 31.2 Å². The third-order valence-electron chi connectivity index (χ3n) is 3.42. The summed E-state index contributed by atoms with van der Waals surface area (Å²) in [6, 6.07) is 9.54. The molecule has 0 bridgehead atoms. The molecule has 5 heteroatoms. The van der Waals surface area contributed by atoms with Crippen molar-refractivity contribution in [3.8, 4) is 0 Å². The van der Waals surface area contributed by atoms with Crippen molar-refractivity contribution in [2.24, 2.45) is 0 Å². The molecule has 0 spiro atoms. The number of carbonyl (C=O) groups excluding carboxylic acids is 1. The predicted octanol–water partition coefficient (Wildman–Crippen LogP) is 3.82. The van der Waals surface area contributed by atoms with Crippen LogP contribution in [0.2, 0.25) is 0 Å². The Labute approximate surface area is 130 Å². The van der Waals surface area contributed by atoms with Gasteiger partial charge in [-0.3, -0.25) is 9.78 Å². The van der Waals surface area contributed by atoms with Crippen molar-refractivity contribution in [3.63, 3.8) is 0 Å². The van der Waals surface area contributed by atoms with Crippen LogP contribution in [-0.2, 0) is 0 Å². The van der Waals surface area contributed by atoms with E-state index in [-0.39, 0.29) is 11.9 Å². The summed E-state index contributed by atoms with van der Waals surface area (Å²) in [7, 11) is 0. The number of H-pyrrole nitrogens is 1. The molecule has 0 fully saturated rings. The van der Waals surface area contributed by atoms with Crippen molar-refractivity contribution in [1.82, 2.24) is 15.3 Å². The zero-order valence-electron chi connectivity index (χ0n) is 11.4. The summed E-state index contributed by atoms with van der Waals surface area (Å²) in [5.74, 6) is -0.101. The lowest BCUT2D eigenvalue weighted by Gasteiger charge is -2.13. The van der Waals surface area contributed by atoms with Gasteiger partial charge < -0.3 is 10.3 Å². The number of hydrogen-bond donors (Lipinski definition) is 2. The number of carbonyl (C=O) groups is 1. The normalized spacial score (nSPS) is 12.3. The largest absolute Gasteiger partial charge is 0.360 e. The van der Waals surface area contributed by atoms with Gasteiger partial charge in [-0.15, -0.1) is 0 Å². The van der Waals surface area contributed by atoms with Crippen molar-refractivity contribution in [2.45, 2.75) is 13.0 Å². The minimum atomic E-state index is -0.101. The average Bonchev–Trinajstić information content (AvgIpc) is 2.91. The van der Waals surface area contributed by atoms with Crippen LogP contribution in [0.3, 0.4) is 0 Å². The fourth-order valence-corrected chi connectivity index (χ4v) is 2.63. The molecule has 0 saturated carbocycles. The Kier molecular flexibility index (Phi) is 3.75. The van der Waals surface area contributed by atoms with Gasteiger partial charge in [-0.05, 0) is 36.8 Å². The van der Waals surface area contributed by atoms with Crippen LogP contribution in [0, 0.1) is 0 Å². The van der Waals surface area contributed by atoms with Crippen LogP contribution in [0.5, 0.6) is 0 Å². The van der Waals surface area contributed by atoms with Crippen molar-refractivity contribution < 1.29 is 4.79 Å². The Balaban J connectivity index is 1.86. The van der Waals surface area contributed by atoms with Crippen molar-refractivity contribution >= 4 is 32.7 Å². The molecule has 2 heterocycles. The molecular weight excluding hydrogens is 330 g/mol. The maximum absolute atomic E-state index is 12.4. The molecule has 1 aromatic carbocycles. The third kappa shape index (κ3) is 2.83. The zero-order chi connectivity index (χ0) is 14.8. The summed E-state index contributed by atoms with van der Waals surface area (Å²) in [5.41, 5.74) is 2.56. The lowest BCUT2D eigenvalue weighted by atomic mass is 10.1. The number of nitrogens with zero attached hydrogens (tertiary/aromatic N) is 1. The first-order chi connectivity index (χ1) is 10.1. The number of aromatic nitrogens is 2. The van der Waals surface area contributed by atoms with Gasteiger partial charge in [0.2, 0.25) is 0 Å². The number of amides is 1. The number of hydrogen-bond acceptors (Lipinski definition) is 2. The van der Waals surface area contributed by atoms with E-state index in [0.29, 0.717) is 5.56 Å². The van der Waals surface area contributed by atoms with E-state index in [9.17, 15) is 4.79 Å². The highest BCUT2D eigenvalue weighted by Gasteiger charge is 2.15. The number of benzene rings is 1. The van der Waals surface area contributed by atoms with Gasteiger partial charge in [0.1, 0.15) is 0 Å². The van der Waals surface area contributed by atoms with Gasteiger partial charge in [0, 0.05) is 34.0 Å². The molecular formula is C16H14BrN3O. The topological polar surface area (TPSA) is 57.8 Å². The Morgan fingerprint density at radius 3 is 3.00 bits per heavy atom. The van der Waals surface area contributed by atoms with E-state index in [1.807, 2.05) is 37.3 Å². The van der Waals surface area contributed by atoms with E-state index in [4.69, 9.17) is 0 Å². The molecule has 21 heavy (non-hydrogen) atoms. The molecule has 1 atom stereocenters. The van der Waals surface area contributed by atoms with Crippen molar-refractivity contribution in [3.05, 3.63) is 64.5 Å². The van der Waals surface area contributed by atoms with Crippen molar-refractivity contribution in [2.75, 3.05) is 0 Å². The highest BCUT2D eigenvalue weighted by atomic mass is 79.9. The summed E-state index contributed by atoms with van der Waals surface area (Å²) in [4.78, 5) is 19.6. The highest BCUT2D eigenvalue weighted by Crippen LogP contribution is 2.23. The average molecular weight is 344 g/mol. The number of nitrogens with one attached hydrogen (secondary N) is 2. The minimum Gasteiger partial charge on any atom is -0.360 e. The van der Waals surface area contributed by atoms with Gasteiger partial charge in [-0.25, -0.2) is 0 Å². The summed E-state index contributed by atoms with van der Waals surface area (Å²) in [6.07, 6.45) is 5.22. The maximum atomic E-state index is 12.4. The van der Waals surface area contributed by atoms with Crippen LogP contribution in [0.4, 0.5) is 0 Å². The molecule has 0 aliphatic rings. The number of pyridine rings is 1. The van der Waals surface area contributed by atoms with Gasteiger partial charge in [-0.2, -0.15) is 0 Å². The Morgan fingerprint density at radius 1 is 1.38 bits per heavy atom. The molecule has 1 amide bonds. The quantitative estimate of drug-likeness (QED) is 0.759. The third-order valence-corrected chi connectivity index (χ3v) is 3.91. The lowest BCUT2D eigenvalue weighted by molar-refractivity contribution is 0.0941. The fourth-order valence-electron chi connectivity index (χ4n) is 2.27. The second-order valence-electron chi connectivity index (χ2n) is 4.87. The molecule has 2 N–H and O–H groups in total. The molecule has 4 nitrogen and oxygen atoms in total. The van der Waals surface area contributed by atoms with Crippen LogP contribution < -0.4 is 5.32 Å². The molecule has 2 aromatic heterocycles. The van der Waals surface area contributed by atoms with Crippen LogP contribution in [-0.4, -0.2) is 15.9 Å². The number of halogens is 1. The van der Waals surface area contributed by atoms with Crippen LogP contribution in [0.25, 0.3) is 10.9 Å². The van der Waals surface area contributed by atoms with E-state index < -0.39 is 0 Å². The molecule has 0 aliphatic carbocycles. The molecule has 3 aromatic rings. The molecule has 0 unspecified atom stereocenters. The van der Waals surface area contributed by atoms with Crippen LogP contribution >= 0.6 is 15.9 Å². The molecule has 106 valence electrons. The smallest absolute Gasteiger partial charge is 0.253 e. The summed E-state index contributed by atoms with van der Waals surface area (Å²) >= 11 is 3.43. The number of fused-ring (bicyclic) bond motifs is 1. The second kappa shape index (κ2) is 5.69.